The Bertz CT molecular complexity index is 1240. The number of nitrogens with one attached hydrogen (secondary N) is 1. The van der Waals surface area contributed by atoms with E-state index in [-0.39, 0.29) is 29.4 Å². The highest BCUT2D eigenvalue weighted by atomic mass is 35.5. The predicted octanol–water partition coefficient (Wildman–Crippen LogP) is 5.17. The number of anilines is 1. The molecular formula is C24H23ClF4N4O3. The summed E-state index contributed by atoms with van der Waals surface area (Å²) in [5.74, 6) is 0.690. The zero-order chi connectivity index (χ0) is 25.9. The molecule has 0 unspecified atom stereocenters. The van der Waals surface area contributed by atoms with Crippen LogP contribution in [-0.2, 0) is 4.74 Å². The number of nitrogens with zero attached hydrogens (tertiary/aromatic N) is 2. The molecule has 4 rings (SSSR count). The molecular weight excluding hydrogens is 504 g/mol. The molecule has 3 N–H and O–H groups in total. The van der Waals surface area contributed by atoms with Crippen molar-refractivity contribution in [1.82, 2.24) is 9.78 Å². The summed E-state index contributed by atoms with van der Waals surface area (Å²) in [7, 11) is 0. The van der Waals surface area contributed by atoms with Gasteiger partial charge in [0.05, 0.1) is 30.7 Å². The Hall–Kier alpha value is -3.15. The van der Waals surface area contributed by atoms with E-state index in [9.17, 15) is 22.4 Å². The first-order chi connectivity index (χ1) is 17.1. The summed E-state index contributed by atoms with van der Waals surface area (Å²) < 4.78 is 64.9. The first-order valence-electron chi connectivity index (χ1n) is 11.0. The van der Waals surface area contributed by atoms with E-state index in [2.05, 4.69) is 10.4 Å². The van der Waals surface area contributed by atoms with Crippen molar-refractivity contribution in [2.45, 2.75) is 30.7 Å². The van der Waals surface area contributed by atoms with E-state index < -0.39 is 23.4 Å². The van der Waals surface area contributed by atoms with Crippen molar-refractivity contribution in [2.24, 2.45) is 5.73 Å². The van der Waals surface area contributed by atoms with E-state index in [1.165, 1.54) is 30.5 Å². The van der Waals surface area contributed by atoms with Gasteiger partial charge in [0.1, 0.15) is 22.6 Å². The fourth-order valence-electron chi connectivity index (χ4n) is 3.67. The van der Waals surface area contributed by atoms with Gasteiger partial charge < -0.3 is 20.5 Å². The van der Waals surface area contributed by atoms with E-state index in [0.29, 0.717) is 36.6 Å². The molecule has 1 aliphatic rings. The molecule has 1 fully saturated rings. The second-order valence-corrected chi connectivity index (χ2v) is 8.81. The number of rotatable bonds is 7. The van der Waals surface area contributed by atoms with Crippen molar-refractivity contribution in [1.29, 1.82) is 0 Å². The van der Waals surface area contributed by atoms with E-state index in [4.69, 9.17) is 26.8 Å². The quantitative estimate of drug-likeness (QED) is 0.413. The number of benzene rings is 2. The molecule has 2 aromatic carbocycles. The lowest BCUT2D eigenvalue weighted by Crippen LogP contribution is -2.40. The summed E-state index contributed by atoms with van der Waals surface area (Å²) in [6.45, 7) is 0.436. The van der Waals surface area contributed by atoms with Crippen molar-refractivity contribution in [3.8, 4) is 17.2 Å². The van der Waals surface area contributed by atoms with E-state index >= 15 is 0 Å². The van der Waals surface area contributed by atoms with Crippen LogP contribution in [0.3, 0.4) is 0 Å². The van der Waals surface area contributed by atoms with Crippen molar-refractivity contribution in [2.75, 3.05) is 25.1 Å². The summed E-state index contributed by atoms with van der Waals surface area (Å²) in [6, 6.07) is 9.44. The maximum absolute atomic E-state index is 14.7. The molecule has 36 heavy (non-hydrogen) atoms. The second-order valence-electron chi connectivity index (χ2n) is 8.43. The molecule has 1 aliphatic heterocycles. The van der Waals surface area contributed by atoms with Crippen LogP contribution in [0.1, 0.15) is 24.4 Å². The van der Waals surface area contributed by atoms with Crippen LogP contribution >= 0.6 is 11.6 Å². The molecule has 0 saturated carbocycles. The number of ether oxygens (including phenoxy) is 2. The van der Waals surface area contributed by atoms with Gasteiger partial charge in [0, 0.05) is 6.61 Å². The number of alkyl halides is 4. The maximum atomic E-state index is 14.7. The highest BCUT2D eigenvalue weighted by Gasteiger charge is 2.37. The molecule has 0 aliphatic carbocycles. The molecule has 192 valence electrons. The van der Waals surface area contributed by atoms with Crippen molar-refractivity contribution >= 4 is 17.3 Å². The van der Waals surface area contributed by atoms with Gasteiger partial charge >= 0.3 is 6.18 Å². The minimum atomic E-state index is -4.54. The summed E-state index contributed by atoms with van der Waals surface area (Å²) in [6.07, 6.45) is -2.24. The highest BCUT2D eigenvalue weighted by Crippen LogP contribution is 2.32. The second kappa shape index (κ2) is 10.5. The number of halogens is 5. The molecule has 1 saturated heterocycles. The van der Waals surface area contributed by atoms with E-state index in [1.54, 1.807) is 24.3 Å². The standard InChI is InChI=1S/C24H23ClF4N4O3/c25-20-19(31-13-23(26)10-1-11-35-14-23)12-32-33(22(20)34)16-4-8-18(9-5-16)36-17-6-2-15(3-7-17)21(30)24(27,28)29/h2-9,12,21,31H,1,10-11,13-14,30H2/t21-,23+/m1/s1. The predicted molar refractivity (Wildman–Crippen MR) is 127 cm³/mol. The molecule has 7 nitrogen and oxygen atoms in total. The van der Waals surface area contributed by atoms with Crippen molar-refractivity contribution in [3.63, 3.8) is 0 Å². The van der Waals surface area contributed by atoms with Crippen LogP contribution in [0.2, 0.25) is 5.02 Å². The maximum Gasteiger partial charge on any atom is 0.407 e. The number of hydrogen-bond acceptors (Lipinski definition) is 6. The summed E-state index contributed by atoms with van der Waals surface area (Å²) in [5.41, 5.74) is 3.59. The largest absolute Gasteiger partial charge is 0.457 e. The minimum absolute atomic E-state index is 0.0260. The molecule has 0 bridgehead atoms. The molecule has 0 spiro atoms. The molecule has 0 amide bonds. The smallest absolute Gasteiger partial charge is 0.407 e. The van der Waals surface area contributed by atoms with Gasteiger partial charge in [-0.15, -0.1) is 0 Å². The van der Waals surface area contributed by atoms with Crippen LogP contribution in [-0.4, -0.2) is 41.4 Å². The molecule has 0 radical (unpaired) electrons. The van der Waals surface area contributed by atoms with E-state index in [0.717, 1.165) is 4.68 Å². The first kappa shape index (κ1) is 25.9. The molecule has 12 heteroatoms. The van der Waals surface area contributed by atoms with Gasteiger partial charge in [-0.3, -0.25) is 4.79 Å². The van der Waals surface area contributed by atoms with Gasteiger partial charge in [-0.2, -0.15) is 23.0 Å². The third-order valence-electron chi connectivity index (χ3n) is 5.70. The average Bonchev–Trinajstić information content (AvgIpc) is 2.85. The van der Waals surface area contributed by atoms with Crippen LogP contribution in [0, 0.1) is 0 Å². The SMILES string of the molecule is N[C@H](c1ccc(Oc2ccc(-n3ncc(NC[C@@]4(F)CCCOC4)c(Cl)c3=O)cc2)cc1)C(F)(F)F. The van der Waals surface area contributed by atoms with Crippen LogP contribution in [0.25, 0.3) is 5.69 Å². The van der Waals surface area contributed by atoms with Gasteiger partial charge in [-0.05, 0) is 54.8 Å². The molecule has 2 atom stereocenters. The first-order valence-corrected chi connectivity index (χ1v) is 11.4. The van der Waals surface area contributed by atoms with Crippen molar-refractivity contribution in [3.05, 3.63) is 75.7 Å². The van der Waals surface area contributed by atoms with Crippen molar-refractivity contribution < 1.29 is 27.0 Å². The van der Waals surface area contributed by atoms with Gasteiger partial charge in [-0.25, -0.2) is 4.39 Å². The normalized spacial score (nSPS) is 19.1. The van der Waals surface area contributed by atoms with Gasteiger partial charge in [0.15, 0.2) is 5.67 Å². The van der Waals surface area contributed by atoms with Crippen LogP contribution in [0.4, 0.5) is 23.2 Å². The lowest BCUT2D eigenvalue weighted by atomic mass is 9.99. The summed E-state index contributed by atoms with van der Waals surface area (Å²) in [5, 5.41) is 6.82. The van der Waals surface area contributed by atoms with Crippen LogP contribution < -0.4 is 21.3 Å². The Morgan fingerprint density at radius 2 is 1.81 bits per heavy atom. The zero-order valence-electron chi connectivity index (χ0n) is 18.9. The monoisotopic (exact) mass is 526 g/mol. The van der Waals surface area contributed by atoms with Crippen LogP contribution in [0.5, 0.6) is 11.5 Å². The molecule has 1 aromatic heterocycles. The summed E-state index contributed by atoms with van der Waals surface area (Å²) >= 11 is 6.22. The van der Waals surface area contributed by atoms with Gasteiger partial charge in [0.2, 0.25) is 0 Å². The Morgan fingerprint density at radius 1 is 1.17 bits per heavy atom. The minimum Gasteiger partial charge on any atom is -0.457 e. The fourth-order valence-corrected chi connectivity index (χ4v) is 3.87. The number of hydrogen-bond donors (Lipinski definition) is 2. The van der Waals surface area contributed by atoms with Crippen LogP contribution in [0.15, 0.2) is 59.5 Å². The Kier molecular flexibility index (Phi) is 7.53. The lowest BCUT2D eigenvalue weighted by molar-refractivity contribution is -0.149. The number of aromatic nitrogens is 2. The highest BCUT2D eigenvalue weighted by molar-refractivity contribution is 6.32. The Labute approximate surface area is 208 Å². The molecule has 3 aromatic rings. The third-order valence-corrected chi connectivity index (χ3v) is 6.06. The summed E-state index contributed by atoms with van der Waals surface area (Å²) in [4.78, 5) is 12.7. The van der Waals surface area contributed by atoms with E-state index in [1.807, 2.05) is 0 Å². The average molecular weight is 527 g/mol. The number of nitrogens with two attached hydrogens (primary N) is 1. The third kappa shape index (κ3) is 5.97. The van der Waals surface area contributed by atoms with Gasteiger partial charge in [-0.1, -0.05) is 23.7 Å². The topological polar surface area (TPSA) is 91.4 Å². The molecule has 2 heterocycles. The zero-order valence-corrected chi connectivity index (χ0v) is 19.7. The Morgan fingerprint density at radius 3 is 2.39 bits per heavy atom. The van der Waals surface area contributed by atoms with Gasteiger partial charge in [0.25, 0.3) is 5.56 Å². The Balaban J connectivity index is 1.43. The fraction of sp³-hybridized carbons (Fsp3) is 0.333. The lowest BCUT2D eigenvalue weighted by Gasteiger charge is -2.29.